The van der Waals surface area contributed by atoms with Crippen molar-refractivity contribution in [1.29, 1.82) is 0 Å². The molecule has 142 valence electrons. The van der Waals surface area contributed by atoms with Crippen LogP contribution in [-0.2, 0) is 4.57 Å². The normalized spacial score (nSPS) is 10.1. The number of carboxylic acids is 4. The van der Waals surface area contributed by atoms with Gasteiger partial charge in [-0.3, -0.25) is 4.57 Å². The Balaban J connectivity index is 0.00000114. The Kier molecular flexibility index (Phi) is 7.40. The van der Waals surface area contributed by atoms with Crippen LogP contribution in [0.3, 0.4) is 0 Å². The fraction of sp³-hybridized carbons (Fsp3) is 0. The fourth-order valence-electron chi connectivity index (χ4n) is 2.17. The molecular formula is C16H13O10P. The molecule has 5 N–H and O–H groups in total. The van der Waals surface area contributed by atoms with Gasteiger partial charge in [0.25, 0.3) is 0 Å². The largest absolute Gasteiger partial charge is 0.478 e. The van der Waals surface area contributed by atoms with Crippen LogP contribution in [0.1, 0.15) is 41.4 Å². The summed E-state index contributed by atoms with van der Waals surface area (Å²) in [6, 6.07) is 6.19. The van der Waals surface area contributed by atoms with Crippen LogP contribution in [0, 0.1) is 0 Å². The third-order valence-corrected chi connectivity index (χ3v) is 3.28. The Morgan fingerprint density at radius 2 is 0.926 bits per heavy atom. The third-order valence-electron chi connectivity index (χ3n) is 3.28. The van der Waals surface area contributed by atoms with Gasteiger partial charge in [-0.05, 0) is 47.5 Å². The molecule has 0 aliphatic carbocycles. The lowest BCUT2D eigenvalue weighted by atomic mass is 9.92. The zero-order valence-corrected chi connectivity index (χ0v) is 14.5. The smallest absolute Gasteiger partial charge is 0.336 e. The first-order valence-corrected chi connectivity index (χ1v) is 7.92. The molecule has 0 spiro atoms. The predicted octanol–water partition coefficient (Wildman–Crippen LogP) is 1.80. The van der Waals surface area contributed by atoms with E-state index in [1.807, 2.05) is 0 Å². The van der Waals surface area contributed by atoms with E-state index in [2.05, 4.69) is 0 Å². The highest BCUT2D eigenvalue weighted by molar-refractivity contribution is 7.16. The molecule has 2 aromatic carbocycles. The summed E-state index contributed by atoms with van der Waals surface area (Å²) in [4.78, 5) is 52.0. The lowest BCUT2D eigenvalue weighted by Crippen LogP contribution is -2.08. The molecule has 0 aliphatic heterocycles. The zero-order valence-electron chi connectivity index (χ0n) is 13.3. The van der Waals surface area contributed by atoms with Gasteiger partial charge in [-0.1, -0.05) is 0 Å². The van der Waals surface area contributed by atoms with Gasteiger partial charge in [-0.15, -0.1) is 0 Å². The van der Waals surface area contributed by atoms with Crippen molar-refractivity contribution in [3.63, 3.8) is 0 Å². The SMILES string of the molecule is O=C(O)c1ccc(C(=O)O)c(-c2cc(C(=O)O)ccc2C(=O)O)c1.O=[PH2]O. The summed E-state index contributed by atoms with van der Waals surface area (Å²) < 4.78 is 8.57. The Bertz CT molecular complexity index is 861. The second-order valence-corrected chi connectivity index (χ2v) is 5.06. The van der Waals surface area contributed by atoms with Gasteiger partial charge in [0.2, 0.25) is 0 Å². The fourth-order valence-corrected chi connectivity index (χ4v) is 2.17. The molecule has 0 heterocycles. The molecule has 0 saturated carbocycles. The number of carboxylic acid groups (broad SMARTS) is 4. The van der Waals surface area contributed by atoms with E-state index in [-0.39, 0.29) is 33.4 Å². The second-order valence-electron chi connectivity index (χ2n) is 4.85. The van der Waals surface area contributed by atoms with Crippen LogP contribution in [0.15, 0.2) is 36.4 Å². The zero-order chi connectivity index (χ0) is 20.7. The molecule has 1 unspecified atom stereocenters. The average Bonchev–Trinajstić information content (AvgIpc) is 2.61. The van der Waals surface area contributed by atoms with E-state index in [9.17, 15) is 29.4 Å². The highest BCUT2D eigenvalue weighted by Crippen LogP contribution is 2.30. The minimum absolute atomic E-state index is 0.192. The second kappa shape index (κ2) is 9.27. The predicted molar refractivity (Wildman–Crippen MR) is 92.3 cm³/mol. The number of carbonyl (C=O) groups is 4. The van der Waals surface area contributed by atoms with Crippen molar-refractivity contribution in [2.75, 3.05) is 0 Å². The molecule has 1 atom stereocenters. The van der Waals surface area contributed by atoms with Gasteiger partial charge in [0.15, 0.2) is 8.69 Å². The summed E-state index contributed by atoms with van der Waals surface area (Å²) in [6.45, 7) is 0. The first kappa shape index (κ1) is 21.6. The van der Waals surface area contributed by atoms with Crippen LogP contribution < -0.4 is 0 Å². The first-order valence-electron chi connectivity index (χ1n) is 6.93. The summed E-state index contributed by atoms with van der Waals surface area (Å²) in [5.74, 6) is -5.48. The molecule has 27 heavy (non-hydrogen) atoms. The van der Waals surface area contributed by atoms with Crippen molar-refractivity contribution in [2.45, 2.75) is 0 Å². The molecule has 0 bridgehead atoms. The number of hydrogen-bond acceptors (Lipinski definition) is 5. The van der Waals surface area contributed by atoms with E-state index in [1.165, 1.54) is 0 Å². The molecule has 2 aromatic rings. The van der Waals surface area contributed by atoms with Gasteiger partial charge >= 0.3 is 23.9 Å². The molecule has 0 aromatic heterocycles. The summed E-state index contributed by atoms with van der Waals surface area (Å²) in [6.07, 6.45) is 0. The Labute approximate surface area is 152 Å². The molecule has 11 heteroatoms. The molecule has 0 radical (unpaired) electrons. The number of rotatable bonds is 5. The number of benzene rings is 2. The summed E-state index contributed by atoms with van der Waals surface area (Å²) in [5.41, 5.74) is -1.58. The average molecular weight is 396 g/mol. The molecule has 0 amide bonds. The van der Waals surface area contributed by atoms with Gasteiger partial charge in [-0.2, -0.15) is 0 Å². The van der Waals surface area contributed by atoms with Crippen LogP contribution in [0.4, 0.5) is 0 Å². The van der Waals surface area contributed by atoms with Crippen LogP contribution in [0.5, 0.6) is 0 Å². The van der Waals surface area contributed by atoms with E-state index in [0.717, 1.165) is 36.4 Å². The van der Waals surface area contributed by atoms with E-state index >= 15 is 0 Å². The monoisotopic (exact) mass is 396 g/mol. The van der Waals surface area contributed by atoms with Crippen molar-refractivity contribution in [2.24, 2.45) is 0 Å². The van der Waals surface area contributed by atoms with Crippen molar-refractivity contribution >= 4 is 32.6 Å². The van der Waals surface area contributed by atoms with Crippen LogP contribution in [0.25, 0.3) is 11.1 Å². The van der Waals surface area contributed by atoms with E-state index in [4.69, 9.17) is 19.7 Å². The highest BCUT2D eigenvalue weighted by Gasteiger charge is 2.21. The van der Waals surface area contributed by atoms with Gasteiger partial charge in [0.05, 0.1) is 22.3 Å². The van der Waals surface area contributed by atoms with E-state index < -0.39 is 32.6 Å². The third kappa shape index (κ3) is 5.24. The van der Waals surface area contributed by atoms with Gasteiger partial charge in [0, 0.05) is 0 Å². The van der Waals surface area contributed by atoms with Crippen molar-refractivity contribution in [1.82, 2.24) is 0 Å². The molecular weight excluding hydrogens is 383 g/mol. The maximum atomic E-state index is 11.4. The highest BCUT2D eigenvalue weighted by atomic mass is 31.1. The minimum Gasteiger partial charge on any atom is -0.478 e. The quantitative estimate of drug-likeness (QED) is 0.466. The Morgan fingerprint density at radius 3 is 1.15 bits per heavy atom. The van der Waals surface area contributed by atoms with Crippen LogP contribution in [-0.4, -0.2) is 49.2 Å². The molecule has 0 fully saturated rings. The summed E-state index contributed by atoms with van der Waals surface area (Å²) in [7, 11) is -1.50. The van der Waals surface area contributed by atoms with E-state index in [1.54, 1.807) is 0 Å². The molecule has 10 nitrogen and oxygen atoms in total. The van der Waals surface area contributed by atoms with Crippen molar-refractivity contribution < 1.29 is 49.1 Å². The molecule has 2 rings (SSSR count). The molecule has 0 aliphatic rings. The minimum atomic E-state index is -1.50. The number of hydrogen-bond donors (Lipinski definition) is 5. The van der Waals surface area contributed by atoms with Gasteiger partial charge in [0.1, 0.15) is 0 Å². The van der Waals surface area contributed by atoms with Gasteiger partial charge in [-0.25, -0.2) is 19.2 Å². The summed E-state index contributed by atoms with van der Waals surface area (Å²) >= 11 is 0. The lowest BCUT2D eigenvalue weighted by Gasteiger charge is -2.11. The lowest BCUT2D eigenvalue weighted by molar-refractivity contribution is 0.0679. The van der Waals surface area contributed by atoms with Crippen LogP contribution in [0.2, 0.25) is 0 Å². The Hall–Kier alpha value is -3.49. The van der Waals surface area contributed by atoms with Crippen molar-refractivity contribution in [3.05, 3.63) is 58.7 Å². The van der Waals surface area contributed by atoms with Crippen molar-refractivity contribution in [3.8, 4) is 11.1 Å². The van der Waals surface area contributed by atoms with E-state index in [0.29, 0.717) is 0 Å². The topological polar surface area (TPSA) is 186 Å². The van der Waals surface area contributed by atoms with Gasteiger partial charge < -0.3 is 25.3 Å². The first-order chi connectivity index (χ1) is 12.6. The Morgan fingerprint density at radius 1 is 0.630 bits per heavy atom. The van der Waals surface area contributed by atoms with Crippen LogP contribution >= 0.6 is 8.69 Å². The standard InChI is InChI=1S/C16H10O8.H3O2P/c17-13(18)7-1-3-9(15(21)22)11(5-7)12-6-8(14(19)20)2-4-10(12)16(23)24;1-3-2/h1-6H,(H,17,18)(H,19,20)(H,21,22)(H,23,24);3H2,(H,1,2). The maximum absolute atomic E-state index is 11.4. The molecule has 0 saturated heterocycles. The summed E-state index contributed by atoms with van der Waals surface area (Å²) in [5, 5.41) is 36.6. The number of aromatic carboxylic acids is 4. The maximum Gasteiger partial charge on any atom is 0.336 e.